The van der Waals surface area contributed by atoms with Crippen molar-refractivity contribution in [1.29, 1.82) is 0 Å². The zero-order chi connectivity index (χ0) is 35.8. The van der Waals surface area contributed by atoms with Crippen molar-refractivity contribution in [2.75, 3.05) is 36.6 Å². The summed E-state index contributed by atoms with van der Waals surface area (Å²) < 4.78 is 1.81. The lowest BCUT2D eigenvalue weighted by Crippen LogP contribution is -2.24. The van der Waals surface area contributed by atoms with Crippen LogP contribution in [0.2, 0.25) is 0 Å². The molecular formula is C40H54N8. The van der Waals surface area contributed by atoms with Crippen LogP contribution in [0.5, 0.6) is 0 Å². The molecule has 1 aromatic heterocycles. The highest BCUT2D eigenvalue weighted by Crippen LogP contribution is 2.28. The highest BCUT2D eigenvalue weighted by molar-refractivity contribution is 5.97. The maximum absolute atomic E-state index is 4.55. The summed E-state index contributed by atoms with van der Waals surface area (Å²) in [5.74, 6) is 2.29. The number of rotatable bonds is 11. The average Bonchev–Trinajstić information content (AvgIpc) is 3.61. The van der Waals surface area contributed by atoms with Gasteiger partial charge >= 0.3 is 0 Å². The molecule has 48 heavy (non-hydrogen) atoms. The molecule has 1 aliphatic rings. The SMILES string of the molecule is C=C(NC1=NCC(C(C)(C)C)=C1)Nc1ccc(NC(=C)/C(C(=C)C)=C(\C)N(C)C)cc1.C=C(Nc1ccc(C)cc1)n1nc(C)cc1C. The van der Waals surface area contributed by atoms with E-state index in [-0.39, 0.29) is 5.41 Å². The Hall–Kier alpha value is -5.24. The van der Waals surface area contributed by atoms with Crippen molar-refractivity contribution in [3.05, 3.63) is 138 Å². The van der Waals surface area contributed by atoms with Gasteiger partial charge in [0.2, 0.25) is 0 Å². The Balaban J connectivity index is 0.000000308. The van der Waals surface area contributed by atoms with Crippen molar-refractivity contribution in [2.24, 2.45) is 10.4 Å². The second-order valence-electron chi connectivity index (χ2n) is 13.4. The fourth-order valence-electron chi connectivity index (χ4n) is 4.96. The molecule has 1 aliphatic heterocycles. The summed E-state index contributed by atoms with van der Waals surface area (Å²) in [6.07, 6.45) is 2.11. The number of amidine groups is 1. The van der Waals surface area contributed by atoms with Crippen LogP contribution in [0.1, 0.15) is 51.6 Å². The topological polar surface area (TPSA) is 81.5 Å². The Kier molecular flexibility index (Phi) is 12.4. The second kappa shape index (κ2) is 16.0. The van der Waals surface area contributed by atoms with Crippen LogP contribution in [0, 0.1) is 26.2 Å². The molecule has 4 N–H and O–H groups in total. The molecule has 0 aliphatic carbocycles. The summed E-state index contributed by atoms with van der Waals surface area (Å²) in [5.41, 5.74) is 11.6. The minimum Gasteiger partial charge on any atom is -0.381 e. The molecule has 8 heteroatoms. The number of allylic oxidation sites excluding steroid dienone is 2. The summed E-state index contributed by atoms with van der Waals surface area (Å²) in [5, 5.41) is 17.5. The Morgan fingerprint density at radius 3 is 1.81 bits per heavy atom. The fraction of sp³-hybridized carbons (Fsp3) is 0.300. The van der Waals surface area contributed by atoms with Gasteiger partial charge in [-0.15, -0.1) is 0 Å². The van der Waals surface area contributed by atoms with Crippen molar-refractivity contribution in [3.8, 4) is 0 Å². The van der Waals surface area contributed by atoms with Crippen molar-refractivity contribution in [2.45, 2.75) is 55.4 Å². The second-order valence-corrected chi connectivity index (χ2v) is 13.4. The largest absolute Gasteiger partial charge is 0.381 e. The van der Waals surface area contributed by atoms with E-state index in [9.17, 15) is 0 Å². The summed E-state index contributed by atoms with van der Waals surface area (Å²) in [7, 11) is 4.04. The standard InChI is InChI=1S/C26H37N5.C14H17N3/c1-17(2)25(19(4)31(9)10)18(3)28-22-11-13-23(14-12-22)29-20(5)30-24-15-21(16-27-24)26(6,7)8;1-10-5-7-14(8-6-10)15-13(4)17-12(3)9-11(2)16-17/h11-15,28-29H,1,3,5,16H2,2,4,6-10H3,(H,27,30);5-9,15H,4H2,1-3H3/b25-19+;. The third kappa shape index (κ3) is 10.7. The third-order valence-electron chi connectivity index (χ3n) is 7.81. The van der Waals surface area contributed by atoms with Crippen LogP contribution >= 0.6 is 0 Å². The fourth-order valence-corrected chi connectivity index (χ4v) is 4.96. The molecule has 254 valence electrons. The van der Waals surface area contributed by atoms with Crippen molar-refractivity contribution in [1.82, 2.24) is 20.0 Å². The summed E-state index contributed by atoms with van der Waals surface area (Å²) >= 11 is 0. The van der Waals surface area contributed by atoms with E-state index in [4.69, 9.17) is 0 Å². The van der Waals surface area contributed by atoms with Crippen LogP contribution < -0.4 is 21.3 Å². The highest BCUT2D eigenvalue weighted by Gasteiger charge is 2.21. The Morgan fingerprint density at radius 1 is 0.792 bits per heavy atom. The van der Waals surface area contributed by atoms with Gasteiger partial charge in [0.05, 0.1) is 12.2 Å². The number of aromatic nitrogens is 2. The molecule has 2 aromatic carbocycles. The van der Waals surface area contributed by atoms with Crippen LogP contribution in [0.25, 0.3) is 5.82 Å². The Labute approximate surface area is 288 Å². The number of aryl methyl sites for hydroxylation is 3. The van der Waals surface area contributed by atoms with Crippen LogP contribution in [0.4, 0.5) is 17.1 Å². The molecule has 0 saturated heterocycles. The Morgan fingerprint density at radius 2 is 1.33 bits per heavy atom. The normalized spacial score (nSPS) is 12.8. The van der Waals surface area contributed by atoms with E-state index in [2.05, 4.69) is 115 Å². The molecule has 0 atom stereocenters. The summed E-state index contributed by atoms with van der Waals surface area (Å²) in [6, 6.07) is 18.2. The monoisotopic (exact) mass is 646 g/mol. The molecule has 0 bridgehead atoms. The van der Waals surface area contributed by atoms with Crippen LogP contribution in [0.3, 0.4) is 0 Å². The first kappa shape index (κ1) is 37.2. The number of hydrogen-bond donors (Lipinski definition) is 4. The van der Waals surface area contributed by atoms with Gasteiger partial charge in [0.25, 0.3) is 0 Å². The van der Waals surface area contributed by atoms with Gasteiger partial charge in [-0.3, -0.25) is 4.99 Å². The lowest BCUT2D eigenvalue weighted by molar-refractivity contribution is 0.499. The van der Waals surface area contributed by atoms with E-state index >= 15 is 0 Å². The van der Waals surface area contributed by atoms with E-state index in [1.165, 1.54) is 11.1 Å². The lowest BCUT2D eigenvalue weighted by Gasteiger charge is -2.22. The number of benzene rings is 2. The molecule has 2 heterocycles. The first-order valence-corrected chi connectivity index (χ1v) is 16.1. The van der Waals surface area contributed by atoms with Gasteiger partial charge in [-0.05, 0) is 99.7 Å². The van der Waals surface area contributed by atoms with E-state index in [1.807, 2.05) is 82.0 Å². The predicted octanol–water partition coefficient (Wildman–Crippen LogP) is 9.23. The highest BCUT2D eigenvalue weighted by atomic mass is 15.3. The summed E-state index contributed by atoms with van der Waals surface area (Å²) in [6.45, 7) is 33.8. The molecule has 0 fully saturated rings. The van der Waals surface area contributed by atoms with Crippen LogP contribution in [-0.4, -0.2) is 41.2 Å². The number of anilines is 3. The lowest BCUT2D eigenvalue weighted by atomic mass is 9.87. The van der Waals surface area contributed by atoms with Crippen molar-refractivity contribution < 1.29 is 0 Å². The van der Waals surface area contributed by atoms with Gasteiger partial charge in [0, 0.05) is 53.8 Å². The van der Waals surface area contributed by atoms with Crippen LogP contribution in [-0.2, 0) is 0 Å². The summed E-state index contributed by atoms with van der Waals surface area (Å²) in [4.78, 5) is 6.61. The number of aliphatic imine (C=N–C) groups is 1. The molecule has 0 unspecified atom stereocenters. The van der Waals surface area contributed by atoms with Gasteiger partial charge < -0.3 is 26.2 Å². The zero-order valence-corrected chi connectivity index (χ0v) is 30.6. The maximum atomic E-state index is 4.55. The average molecular weight is 647 g/mol. The van der Waals surface area contributed by atoms with Crippen LogP contribution in [0.15, 0.2) is 126 Å². The minimum absolute atomic E-state index is 0.124. The molecule has 4 rings (SSSR count). The number of nitrogens with one attached hydrogen (secondary N) is 4. The molecule has 0 saturated carbocycles. The third-order valence-corrected chi connectivity index (χ3v) is 7.81. The van der Waals surface area contributed by atoms with E-state index in [0.29, 0.717) is 5.82 Å². The molecule has 8 nitrogen and oxygen atoms in total. The number of hydrogen-bond acceptors (Lipinski definition) is 7. The van der Waals surface area contributed by atoms with E-state index < -0.39 is 0 Å². The van der Waals surface area contributed by atoms with E-state index in [0.717, 1.165) is 69.2 Å². The van der Waals surface area contributed by atoms with Crippen molar-refractivity contribution >= 4 is 28.7 Å². The predicted molar refractivity (Wildman–Crippen MR) is 208 cm³/mol. The first-order chi connectivity index (χ1) is 22.4. The molecule has 0 spiro atoms. The van der Waals surface area contributed by atoms with Gasteiger partial charge in [-0.2, -0.15) is 5.10 Å². The molecule has 0 radical (unpaired) electrons. The first-order valence-electron chi connectivity index (χ1n) is 16.1. The van der Waals surface area contributed by atoms with Crippen molar-refractivity contribution in [3.63, 3.8) is 0 Å². The minimum atomic E-state index is 0.124. The van der Waals surface area contributed by atoms with Gasteiger partial charge in [0.1, 0.15) is 17.5 Å². The maximum Gasteiger partial charge on any atom is 0.126 e. The van der Waals surface area contributed by atoms with E-state index in [1.54, 1.807) is 0 Å². The number of nitrogens with zero attached hydrogens (tertiary/aromatic N) is 4. The van der Waals surface area contributed by atoms with Gasteiger partial charge in [0.15, 0.2) is 0 Å². The molecular weight excluding hydrogens is 592 g/mol. The molecule has 0 amide bonds. The quantitative estimate of drug-likeness (QED) is 0.156. The zero-order valence-electron chi connectivity index (χ0n) is 30.6. The molecule has 3 aromatic rings. The van der Waals surface area contributed by atoms with Gasteiger partial charge in [-0.25, -0.2) is 4.68 Å². The van der Waals surface area contributed by atoms with Gasteiger partial charge in [-0.1, -0.05) is 64.8 Å². The Bertz CT molecular complexity index is 1740. The smallest absolute Gasteiger partial charge is 0.126 e.